The molecule has 8 heteroatoms. The second-order valence-corrected chi connectivity index (χ2v) is 2.88. The molecule has 4 nitrogen and oxygen atoms in total. The van der Waals surface area contributed by atoms with E-state index in [2.05, 4.69) is 4.74 Å². The van der Waals surface area contributed by atoms with E-state index in [-0.39, 0.29) is 0 Å². The first-order valence-electron chi connectivity index (χ1n) is 2.18. The summed E-state index contributed by atoms with van der Waals surface area (Å²) >= 11 is 0. The second-order valence-electron chi connectivity index (χ2n) is 1.49. The summed E-state index contributed by atoms with van der Waals surface area (Å²) in [5.74, 6) is -1.94. The third-order valence-electron chi connectivity index (χ3n) is 0.775. The molecule has 66 valence electrons. The Balaban J connectivity index is 4.90. The minimum atomic E-state index is -6.10. The highest BCUT2D eigenvalue weighted by Crippen LogP contribution is 2.24. The van der Waals surface area contributed by atoms with Gasteiger partial charge in [-0.05, 0) is 0 Å². The number of methoxy groups -OCH3 is 1. The van der Waals surface area contributed by atoms with Gasteiger partial charge in [-0.1, -0.05) is 3.89 Å². The van der Waals surface area contributed by atoms with Crippen LogP contribution in [0.5, 0.6) is 0 Å². The first kappa shape index (κ1) is 10.2. The fraction of sp³-hybridized carbons (Fsp3) is 0.667. The van der Waals surface area contributed by atoms with E-state index in [0.717, 1.165) is 0 Å². The zero-order chi connectivity index (χ0) is 9.28. The van der Waals surface area contributed by atoms with Crippen molar-refractivity contribution in [2.45, 2.75) is 5.25 Å². The molecule has 0 rings (SSSR count). The quantitative estimate of drug-likeness (QED) is 0.392. The fourth-order valence-electron chi connectivity index (χ4n) is 0.230. The van der Waals surface area contributed by atoms with Crippen molar-refractivity contribution in [1.29, 1.82) is 5.41 Å². The van der Waals surface area contributed by atoms with Gasteiger partial charge in [-0.2, -0.15) is 17.2 Å². The molecule has 0 atom stereocenters. The first-order valence-corrected chi connectivity index (χ1v) is 3.57. The molecule has 0 heterocycles. The molecule has 0 unspecified atom stereocenters. The van der Waals surface area contributed by atoms with E-state index in [1.165, 1.54) is 0 Å². The van der Waals surface area contributed by atoms with Crippen LogP contribution in [0.4, 0.5) is 12.7 Å². The lowest BCUT2D eigenvalue weighted by molar-refractivity contribution is 0.128. The lowest BCUT2D eigenvalue weighted by Gasteiger charge is -2.09. The molecular formula is C3H4F3NO3S. The Hall–Kier alpha value is -0.790. The van der Waals surface area contributed by atoms with Gasteiger partial charge in [-0.25, -0.2) is 0 Å². The molecule has 0 aliphatic carbocycles. The molecule has 0 aromatic rings. The van der Waals surface area contributed by atoms with Crippen LogP contribution in [0.15, 0.2) is 0 Å². The van der Waals surface area contributed by atoms with Gasteiger partial charge < -0.3 is 4.74 Å². The molecule has 0 bridgehead atoms. The van der Waals surface area contributed by atoms with Crippen molar-refractivity contribution in [3.8, 4) is 0 Å². The van der Waals surface area contributed by atoms with Crippen molar-refractivity contribution in [2.24, 2.45) is 0 Å². The fourth-order valence-corrected chi connectivity index (χ4v) is 0.534. The minimum Gasteiger partial charge on any atom is -0.479 e. The van der Waals surface area contributed by atoms with Crippen molar-refractivity contribution in [1.82, 2.24) is 0 Å². The Morgan fingerprint density at radius 1 is 1.55 bits per heavy atom. The monoisotopic (exact) mass is 191 g/mol. The van der Waals surface area contributed by atoms with Crippen molar-refractivity contribution < 1.29 is 25.8 Å². The number of hydrogen-bond donors (Lipinski definition) is 1. The number of rotatable bonds is 2. The molecule has 0 radical (unpaired) electrons. The smallest absolute Gasteiger partial charge is 0.447 e. The van der Waals surface area contributed by atoms with E-state index < -0.39 is 21.4 Å². The van der Waals surface area contributed by atoms with E-state index >= 15 is 0 Å². The summed E-state index contributed by atoms with van der Waals surface area (Å²) in [5, 5.41) is 1.32. The van der Waals surface area contributed by atoms with E-state index in [1.807, 2.05) is 0 Å². The molecule has 0 aliphatic rings. The van der Waals surface area contributed by atoms with Crippen LogP contribution >= 0.6 is 0 Å². The summed E-state index contributed by atoms with van der Waals surface area (Å²) in [4.78, 5) is 0. The molecule has 1 N–H and O–H groups in total. The van der Waals surface area contributed by atoms with E-state index in [4.69, 9.17) is 5.41 Å². The number of alkyl halides is 2. The van der Waals surface area contributed by atoms with Crippen molar-refractivity contribution >= 4 is 16.1 Å². The molecule has 0 aromatic carbocycles. The van der Waals surface area contributed by atoms with Gasteiger partial charge in [0, 0.05) is 0 Å². The van der Waals surface area contributed by atoms with E-state index in [0.29, 0.717) is 7.11 Å². The molecular weight excluding hydrogens is 187 g/mol. The summed E-state index contributed by atoms with van der Waals surface area (Å²) in [6.45, 7) is 0. The summed E-state index contributed by atoms with van der Waals surface area (Å²) in [6.07, 6.45) is 0. The van der Waals surface area contributed by atoms with Gasteiger partial charge in [0.2, 0.25) is 0 Å². The molecule has 0 fully saturated rings. The van der Waals surface area contributed by atoms with Crippen LogP contribution in [0.2, 0.25) is 0 Å². The molecule has 0 aromatic heterocycles. The number of ether oxygens (including phenoxy) is 1. The van der Waals surface area contributed by atoms with Crippen LogP contribution in [-0.4, -0.2) is 26.7 Å². The Morgan fingerprint density at radius 2 is 1.91 bits per heavy atom. The van der Waals surface area contributed by atoms with Gasteiger partial charge in [0.25, 0.3) is 5.90 Å². The van der Waals surface area contributed by atoms with E-state index in [9.17, 15) is 21.1 Å². The maximum atomic E-state index is 12.0. The van der Waals surface area contributed by atoms with Crippen molar-refractivity contribution in [2.75, 3.05) is 7.11 Å². The van der Waals surface area contributed by atoms with Crippen LogP contribution in [-0.2, 0) is 15.0 Å². The summed E-state index contributed by atoms with van der Waals surface area (Å²) in [5.41, 5.74) is 0. The molecule has 11 heavy (non-hydrogen) atoms. The van der Waals surface area contributed by atoms with Crippen LogP contribution in [0, 0.1) is 5.41 Å². The van der Waals surface area contributed by atoms with Gasteiger partial charge in [-0.3, -0.25) is 5.41 Å². The normalized spacial score (nSPS) is 12.7. The highest BCUT2D eigenvalue weighted by molar-refractivity contribution is 7.88. The van der Waals surface area contributed by atoms with E-state index in [1.54, 1.807) is 0 Å². The predicted molar refractivity (Wildman–Crippen MR) is 29.7 cm³/mol. The Morgan fingerprint density at radius 3 is 2.00 bits per heavy atom. The van der Waals surface area contributed by atoms with Crippen LogP contribution < -0.4 is 0 Å². The summed E-state index contributed by atoms with van der Waals surface area (Å²) in [7, 11) is -5.46. The van der Waals surface area contributed by atoms with Gasteiger partial charge in [0.1, 0.15) is 0 Å². The Labute approximate surface area is 60.7 Å². The molecule has 0 saturated carbocycles. The van der Waals surface area contributed by atoms with Gasteiger partial charge >= 0.3 is 15.5 Å². The summed E-state index contributed by atoms with van der Waals surface area (Å²) < 4.78 is 58.4. The molecule has 0 aliphatic heterocycles. The maximum Gasteiger partial charge on any atom is 0.447 e. The van der Waals surface area contributed by atoms with Gasteiger partial charge in [-0.15, -0.1) is 0 Å². The van der Waals surface area contributed by atoms with Crippen molar-refractivity contribution in [3.63, 3.8) is 0 Å². The maximum absolute atomic E-state index is 12.0. The van der Waals surface area contributed by atoms with Crippen LogP contribution in [0.3, 0.4) is 0 Å². The lowest BCUT2D eigenvalue weighted by atomic mass is 10.7. The third-order valence-corrected chi connectivity index (χ3v) is 1.57. The van der Waals surface area contributed by atoms with Crippen LogP contribution in [0.25, 0.3) is 0 Å². The largest absolute Gasteiger partial charge is 0.479 e. The SMILES string of the molecule is COC(=N)C(F)(F)S(=O)(=O)F. The van der Waals surface area contributed by atoms with Crippen molar-refractivity contribution in [3.05, 3.63) is 0 Å². The predicted octanol–water partition coefficient (Wildman–Crippen LogP) is 0.502. The average Bonchev–Trinajstić information content (AvgIpc) is 1.83. The average molecular weight is 191 g/mol. The third kappa shape index (κ3) is 1.82. The molecule has 0 amide bonds. The van der Waals surface area contributed by atoms with Gasteiger partial charge in [0.15, 0.2) is 0 Å². The standard InChI is InChI=1S/C3H4F3NO3S/c1-10-2(7)3(4,5)11(6,8)9/h7H,1H3. The van der Waals surface area contributed by atoms with Gasteiger partial charge in [0.05, 0.1) is 7.11 Å². The first-order chi connectivity index (χ1) is 4.73. The highest BCUT2D eigenvalue weighted by Gasteiger charge is 2.52. The van der Waals surface area contributed by atoms with Crippen LogP contribution in [0.1, 0.15) is 0 Å². The topological polar surface area (TPSA) is 67.2 Å². The number of nitrogens with one attached hydrogen (secondary N) is 1. The highest BCUT2D eigenvalue weighted by atomic mass is 32.3. The minimum absolute atomic E-state index is 0.640. The number of hydrogen-bond acceptors (Lipinski definition) is 4. The Bertz CT molecular complexity index is 259. The summed E-state index contributed by atoms with van der Waals surface area (Å²) in [6, 6.07) is 0. The molecule has 0 saturated heterocycles. The second kappa shape index (κ2) is 2.68. The number of halogens is 3. The Kier molecular flexibility index (Phi) is 2.49. The lowest BCUT2D eigenvalue weighted by Crippen LogP contribution is -2.35. The zero-order valence-electron chi connectivity index (χ0n) is 5.27. The zero-order valence-corrected chi connectivity index (χ0v) is 6.08. The molecule has 0 spiro atoms.